The Hall–Kier alpha value is -0.580. The monoisotopic (exact) mass is 335 g/mol. The maximum Gasteiger partial charge on any atom is 0.338 e. The number of nitrogens with zero attached hydrogens (tertiary/aromatic N) is 1. The van der Waals surface area contributed by atoms with Gasteiger partial charge in [0.25, 0.3) is 0 Å². The maximum absolute atomic E-state index is 11.7. The Kier molecular flexibility index (Phi) is 9.06. The molecule has 5 heteroatoms. The molecule has 102 valence electrons. The molecule has 0 saturated heterocycles. The van der Waals surface area contributed by atoms with Crippen molar-refractivity contribution < 1.29 is 9.53 Å². The Morgan fingerprint density at radius 3 is 2.72 bits per heavy atom. The zero-order valence-electron chi connectivity index (χ0n) is 10.7. The number of ether oxygens (including phenoxy) is 1. The fourth-order valence-corrected chi connectivity index (χ4v) is 1.83. The van der Waals surface area contributed by atoms with E-state index in [0.717, 1.165) is 23.9 Å². The Labute approximate surface area is 123 Å². The van der Waals surface area contributed by atoms with E-state index in [1.807, 2.05) is 37.2 Å². The largest absolute Gasteiger partial charge is 0.461 e. The number of likely N-dealkylation sites (N-methyl/N-ethyl adjacent to an activating group) is 1. The zero-order valence-corrected chi connectivity index (χ0v) is 13.1. The van der Waals surface area contributed by atoms with Crippen molar-refractivity contribution >= 4 is 34.3 Å². The van der Waals surface area contributed by atoms with E-state index in [2.05, 4.69) is 15.9 Å². The van der Waals surface area contributed by atoms with Crippen LogP contribution in [0.4, 0.5) is 0 Å². The topological polar surface area (TPSA) is 29.5 Å². The van der Waals surface area contributed by atoms with Crippen LogP contribution in [0.5, 0.6) is 0 Å². The Bertz CT molecular complexity index is 372. The number of rotatable bonds is 6. The minimum atomic E-state index is -0.247. The van der Waals surface area contributed by atoms with Crippen LogP contribution >= 0.6 is 28.3 Å². The van der Waals surface area contributed by atoms with Crippen molar-refractivity contribution in [2.45, 2.75) is 6.42 Å². The van der Waals surface area contributed by atoms with Crippen LogP contribution in [0, 0.1) is 0 Å². The third-order valence-electron chi connectivity index (χ3n) is 2.32. The zero-order chi connectivity index (χ0) is 12.7. The lowest BCUT2D eigenvalue weighted by molar-refractivity contribution is 0.0481. The highest BCUT2D eigenvalue weighted by atomic mass is 79.9. The summed E-state index contributed by atoms with van der Waals surface area (Å²) in [5, 5.41) is 0.895. The van der Waals surface area contributed by atoms with Crippen molar-refractivity contribution in [1.82, 2.24) is 4.90 Å². The number of hydrogen-bond donors (Lipinski definition) is 0. The van der Waals surface area contributed by atoms with E-state index < -0.39 is 0 Å². The lowest BCUT2D eigenvalue weighted by Gasteiger charge is -2.10. The van der Waals surface area contributed by atoms with Gasteiger partial charge >= 0.3 is 5.97 Å². The molecule has 1 rings (SSSR count). The van der Waals surface area contributed by atoms with Crippen LogP contribution in [0.15, 0.2) is 24.3 Å². The molecule has 18 heavy (non-hydrogen) atoms. The van der Waals surface area contributed by atoms with Crippen molar-refractivity contribution in [2.24, 2.45) is 0 Å². The van der Waals surface area contributed by atoms with E-state index in [1.165, 1.54) is 0 Å². The van der Waals surface area contributed by atoms with Crippen LogP contribution in [0.2, 0.25) is 0 Å². The molecular weight excluding hydrogens is 318 g/mol. The van der Waals surface area contributed by atoms with Gasteiger partial charge in [-0.2, -0.15) is 0 Å². The first-order valence-electron chi connectivity index (χ1n) is 5.60. The van der Waals surface area contributed by atoms with E-state index in [1.54, 1.807) is 6.07 Å². The predicted molar refractivity (Wildman–Crippen MR) is 80.0 cm³/mol. The van der Waals surface area contributed by atoms with Crippen molar-refractivity contribution in [1.29, 1.82) is 0 Å². The molecule has 0 atom stereocenters. The number of halogens is 2. The fourth-order valence-electron chi connectivity index (χ4n) is 1.37. The highest BCUT2D eigenvalue weighted by Crippen LogP contribution is 2.08. The van der Waals surface area contributed by atoms with E-state index in [-0.39, 0.29) is 18.4 Å². The highest BCUT2D eigenvalue weighted by Gasteiger charge is 2.07. The first kappa shape index (κ1) is 17.4. The van der Waals surface area contributed by atoms with E-state index in [0.29, 0.717) is 12.2 Å². The summed E-state index contributed by atoms with van der Waals surface area (Å²) in [5.74, 6) is -0.247. The summed E-state index contributed by atoms with van der Waals surface area (Å²) in [6.07, 6.45) is 0.915. The summed E-state index contributed by atoms with van der Waals surface area (Å²) >= 11 is 3.38. The van der Waals surface area contributed by atoms with Crippen molar-refractivity contribution in [3.8, 4) is 0 Å². The summed E-state index contributed by atoms with van der Waals surface area (Å²) in [5.41, 5.74) is 1.77. The number of aryl methyl sites for hydroxylation is 1. The van der Waals surface area contributed by atoms with Gasteiger partial charge in [-0.25, -0.2) is 4.79 Å². The fraction of sp³-hybridized carbons (Fsp3) is 0.462. The lowest BCUT2D eigenvalue weighted by atomic mass is 10.1. The molecule has 0 unspecified atom stereocenters. The molecule has 3 nitrogen and oxygen atoms in total. The second kappa shape index (κ2) is 9.36. The maximum atomic E-state index is 11.7. The third kappa shape index (κ3) is 6.38. The molecule has 0 amide bonds. The molecule has 0 saturated carbocycles. The number of carbonyl (C=O) groups excluding carboxylic acids is 1. The van der Waals surface area contributed by atoms with Crippen molar-refractivity contribution in [3.63, 3.8) is 0 Å². The van der Waals surface area contributed by atoms with E-state index in [4.69, 9.17) is 4.74 Å². The summed E-state index contributed by atoms with van der Waals surface area (Å²) in [6.45, 7) is 1.17. The Morgan fingerprint density at radius 2 is 2.11 bits per heavy atom. The number of benzene rings is 1. The first-order valence-corrected chi connectivity index (χ1v) is 6.72. The number of hydrogen-bond acceptors (Lipinski definition) is 3. The molecule has 0 heterocycles. The quantitative estimate of drug-likeness (QED) is 0.591. The van der Waals surface area contributed by atoms with Gasteiger partial charge in [-0.3, -0.25) is 0 Å². The van der Waals surface area contributed by atoms with Crippen LogP contribution in [-0.2, 0) is 11.2 Å². The molecule has 1 aromatic carbocycles. The number of carbonyl (C=O) groups is 1. The van der Waals surface area contributed by atoms with Gasteiger partial charge in [0.1, 0.15) is 6.61 Å². The SMILES string of the molecule is CN(C)CCOC(=O)c1cccc(CCBr)c1.Cl. The molecule has 0 aliphatic heterocycles. The summed E-state index contributed by atoms with van der Waals surface area (Å²) < 4.78 is 5.18. The second-order valence-corrected chi connectivity index (χ2v) is 4.87. The van der Waals surface area contributed by atoms with E-state index >= 15 is 0 Å². The summed E-state index contributed by atoms with van der Waals surface area (Å²) in [4.78, 5) is 13.7. The van der Waals surface area contributed by atoms with Gasteiger partial charge < -0.3 is 9.64 Å². The van der Waals surface area contributed by atoms with E-state index in [9.17, 15) is 4.79 Å². The van der Waals surface area contributed by atoms with Crippen LogP contribution in [0.3, 0.4) is 0 Å². The molecule has 1 aromatic rings. The van der Waals surface area contributed by atoms with Gasteiger partial charge in [-0.1, -0.05) is 28.1 Å². The minimum Gasteiger partial charge on any atom is -0.461 e. The van der Waals surface area contributed by atoms with Crippen molar-refractivity contribution in [2.75, 3.05) is 32.6 Å². The average Bonchev–Trinajstić information content (AvgIpc) is 2.29. The van der Waals surface area contributed by atoms with Gasteiger partial charge in [-0.05, 0) is 38.2 Å². The molecule has 0 aliphatic rings. The second-order valence-electron chi connectivity index (χ2n) is 4.08. The molecular formula is C13H19BrClNO2. The average molecular weight is 337 g/mol. The van der Waals surface area contributed by atoms with Gasteiger partial charge in [0.2, 0.25) is 0 Å². The van der Waals surface area contributed by atoms with Crippen LogP contribution in [0.1, 0.15) is 15.9 Å². The van der Waals surface area contributed by atoms with Gasteiger partial charge in [0.05, 0.1) is 5.56 Å². The number of alkyl halides is 1. The predicted octanol–water partition coefficient (Wildman–Crippen LogP) is 2.76. The van der Waals surface area contributed by atoms with Gasteiger partial charge in [0.15, 0.2) is 0 Å². The highest BCUT2D eigenvalue weighted by molar-refractivity contribution is 9.09. The standard InChI is InChI=1S/C13H18BrNO2.ClH/c1-15(2)8-9-17-13(16)12-5-3-4-11(10-12)6-7-14;/h3-5,10H,6-9H2,1-2H3;1H. The summed E-state index contributed by atoms with van der Waals surface area (Å²) in [7, 11) is 3.90. The van der Waals surface area contributed by atoms with Crippen LogP contribution in [-0.4, -0.2) is 43.4 Å². The normalized spacial score (nSPS) is 10.0. The molecule has 0 aliphatic carbocycles. The molecule has 0 N–H and O–H groups in total. The molecule has 0 bridgehead atoms. The molecule has 0 aromatic heterocycles. The van der Waals surface area contributed by atoms with Crippen LogP contribution < -0.4 is 0 Å². The van der Waals surface area contributed by atoms with Crippen LogP contribution in [0.25, 0.3) is 0 Å². The van der Waals surface area contributed by atoms with Gasteiger partial charge in [-0.15, -0.1) is 12.4 Å². The molecule has 0 spiro atoms. The molecule has 0 radical (unpaired) electrons. The van der Waals surface area contributed by atoms with Crippen molar-refractivity contribution in [3.05, 3.63) is 35.4 Å². The third-order valence-corrected chi connectivity index (χ3v) is 2.71. The lowest BCUT2D eigenvalue weighted by Crippen LogP contribution is -2.20. The smallest absolute Gasteiger partial charge is 0.338 e. The summed E-state index contributed by atoms with van der Waals surface area (Å²) in [6, 6.07) is 7.58. The number of esters is 1. The minimum absolute atomic E-state index is 0. The Morgan fingerprint density at radius 1 is 1.39 bits per heavy atom. The van der Waals surface area contributed by atoms with Gasteiger partial charge in [0, 0.05) is 11.9 Å². The first-order chi connectivity index (χ1) is 8.13. The Balaban J connectivity index is 0.00000289. The molecule has 0 fully saturated rings.